The Morgan fingerprint density at radius 2 is 1.75 bits per heavy atom. The topological polar surface area (TPSA) is 64.3 Å². The molecule has 0 aliphatic heterocycles. The molecule has 0 fully saturated rings. The Morgan fingerprint density at radius 3 is 2.41 bits per heavy atom. The van der Waals surface area contributed by atoms with Gasteiger partial charge in [-0.3, -0.25) is 4.79 Å². The van der Waals surface area contributed by atoms with Gasteiger partial charge in [-0.25, -0.2) is 0 Å². The van der Waals surface area contributed by atoms with E-state index < -0.39 is 0 Å². The molecule has 0 aliphatic carbocycles. The zero-order valence-corrected chi connectivity index (χ0v) is 19.3. The molecule has 32 heavy (non-hydrogen) atoms. The zero-order valence-electron chi connectivity index (χ0n) is 19.3. The molecule has 0 aromatic heterocycles. The van der Waals surface area contributed by atoms with E-state index in [9.17, 15) is 4.79 Å². The van der Waals surface area contributed by atoms with Crippen molar-refractivity contribution >= 4 is 11.6 Å². The summed E-state index contributed by atoms with van der Waals surface area (Å²) in [5.41, 5.74) is 10.4. The summed E-state index contributed by atoms with van der Waals surface area (Å²) in [7, 11) is 1.61. The number of benzene rings is 3. The van der Waals surface area contributed by atoms with Crippen LogP contribution in [0.5, 0.6) is 5.75 Å². The number of anilines is 1. The lowest BCUT2D eigenvalue weighted by atomic mass is 9.78. The van der Waals surface area contributed by atoms with Crippen LogP contribution >= 0.6 is 0 Å². The highest BCUT2D eigenvalue weighted by Crippen LogP contribution is 2.32. The first-order valence-electron chi connectivity index (χ1n) is 11.3. The van der Waals surface area contributed by atoms with Crippen molar-refractivity contribution in [3.05, 3.63) is 95.6 Å². The van der Waals surface area contributed by atoms with Gasteiger partial charge < -0.3 is 15.8 Å². The van der Waals surface area contributed by atoms with Crippen LogP contribution in [0.4, 0.5) is 5.69 Å². The molecule has 0 saturated heterocycles. The van der Waals surface area contributed by atoms with Crippen LogP contribution in [0, 0.1) is 5.92 Å². The molecule has 3 aromatic carbocycles. The van der Waals surface area contributed by atoms with E-state index in [1.165, 1.54) is 11.1 Å². The van der Waals surface area contributed by atoms with Gasteiger partial charge in [0, 0.05) is 16.8 Å². The van der Waals surface area contributed by atoms with Gasteiger partial charge in [-0.15, -0.1) is 0 Å². The number of ether oxygens (including phenoxy) is 1. The number of rotatable bonds is 10. The molecule has 0 aliphatic rings. The molecule has 0 unspecified atom stereocenters. The fourth-order valence-electron chi connectivity index (χ4n) is 4.40. The van der Waals surface area contributed by atoms with Crippen molar-refractivity contribution in [2.24, 2.45) is 11.7 Å². The summed E-state index contributed by atoms with van der Waals surface area (Å²) in [6, 6.07) is 25.6. The first-order chi connectivity index (χ1) is 15.4. The lowest BCUT2D eigenvalue weighted by molar-refractivity contribution is 0.102. The van der Waals surface area contributed by atoms with Gasteiger partial charge >= 0.3 is 0 Å². The Hall–Kier alpha value is -3.11. The van der Waals surface area contributed by atoms with Crippen molar-refractivity contribution in [2.45, 2.75) is 45.1 Å². The highest BCUT2D eigenvalue weighted by molar-refractivity contribution is 6.04. The Morgan fingerprint density at radius 1 is 1.03 bits per heavy atom. The second-order valence-electron chi connectivity index (χ2n) is 8.67. The molecule has 1 amide bonds. The largest absolute Gasteiger partial charge is 0.497 e. The molecule has 0 spiro atoms. The first kappa shape index (κ1) is 23.6. The maximum Gasteiger partial charge on any atom is 0.255 e. The minimum absolute atomic E-state index is 0.133. The predicted octanol–water partition coefficient (Wildman–Crippen LogP) is 6.17. The van der Waals surface area contributed by atoms with Gasteiger partial charge in [-0.05, 0) is 72.7 Å². The number of nitrogens with two attached hydrogens (primary N) is 1. The number of hydrogen-bond acceptors (Lipinski definition) is 3. The third kappa shape index (κ3) is 6.21. The van der Waals surface area contributed by atoms with Crippen LogP contribution in [-0.2, 0) is 12.0 Å². The summed E-state index contributed by atoms with van der Waals surface area (Å²) in [6.45, 7) is 4.44. The Balaban J connectivity index is 1.66. The van der Waals surface area contributed by atoms with Crippen LogP contribution in [0.25, 0.3) is 0 Å². The van der Waals surface area contributed by atoms with Crippen molar-refractivity contribution < 1.29 is 9.53 Å². The Labute approximate surface area is 191 Å². The Kier molecular flexibility index (Phi) is 8.07. The van der Waals surface area contributed by atoms with Crippen molar-refractivity contribution in [3.63, 3.8) is 0 Å². The zero-order chi connectivity index (χ0) is 23.0. The van der Waals surface area contributed by atoms with E-state index in [-0.39, 0.29) is 11.4 Å². The highest BCUT2D eigenvalue weighted by atomic mass is 16.5. The van der Waals surface area contributed by atoms with E-state index in [0.29, 0.717) is 11.5 Å². The summed E-state index contributed by atoms with van der Waals surface area (Å²) in [5, 5.41) is 3.00. The molecule has 3 aromatic rings. The van der Waals surface area contributed by atoms with Crippen molar-refractivity contribution in [1.29, 1.82) is 0 Å². The summed E-state index contributed by atoms with van der Waals surface area (Å²) < 4.78 is 5.16. The minimum Gasteiger partial charge on any atom is -0.497 e. The SMILES string of the molecule is CCC[C@@](N)(C[C@H](C)Cc1cccc(NC(=O)c2ccc(OC)cc2)c1)c1ccccc1. The molecule has 0 bridgehead atoms. The fraction of sp³-hybridized carbons (Fsp3) is 0.321. The van der Waals surface area contributed by atoms with Gasteiger partial charge in [0.25, 0.3) is 5.91 Å². The average molecular weight is 431 g/mol. The first-order valence-corrected chi connectivity index (χ1v) is 11.3. The fourth-order valence-corrected chi connectivity index (χ4v) is 4.40. The lowest BCUT2D eigenvalue weighted by Gasteiger charge is -2.33. The van der Waals surface area contributed by atoms with Crippen molar-refractivity contribution in [2.75, 3.05) is 12.4 Å². The molecule has 0 radical (unpaired) electrons. The number of carbonyl (C=O) groups is 1. The second kappa shape index (κ2) is 11.0. The number of methoxy groups -OCH3 is 1. The predicted molar refractivity (Wildman–Crippen MR) is 132 cm³/mol. The second-order valence-corrected chi connectivity index (χ2v) is 8.67. The van der Waals surface area contributed by atoms with Gasteiger partial charge in [0.05, 0.1) is 7.11 Å². The monoisotopic (exact) mass is 430 g/mol. The van der Waals surface area contributed by atoms with Gasteiger partial charge in [0.15, 0.2) is 0 Å². The van der Waals surface area contributed by atoms with Gasteiger partial charge in [0.2, 0.25) is 0 Å². The van der Waals surface area contributed by atoms with Crippen LogP contribution in [0.3, 0.4) is 0 Å². The number of hydrogen-bond donors (Lipinski definition) is 2. The summed E-state index contributed by atoms with van der Waals surface area (Å²) in [6.07, 6.45) is 3.82. The van der Waals surface area contributed by atoms with Gasteiger partial charge in [0.1, 0.15) is 5.75 Å². The third-order valence-electron chi connectivity index (χ3n) is 5.88. The lowest BCUT2D eigenvalue weighted by Crippen LogP contribution is -2.38. The molecule has 4 heteroatoms. The third-order valence-corrected chi connectivity index (χ3v) is 5.88. The van der Waals surface area contributed by atoms with Crippen LogP contribution in [0.1, 0.15) is 54.6 Å². The summed E-state index contributed by atoms with van der Waals surface area (Å²) >= 11 is 0. The van der Waals surface area contributed by atoms with E-state index in [1.807, 2.05) is 18.2 Å². The van der Waals surface area contributed by atoms with Gasteiger partial charge in [-0.2, -0.15) is 0 Å². The molecule has 2 atom stereocenters. The maximum atomic E-state index is 12.6. The molecule has 168 valence electrons. The van der Waals surface area contributed by atoms with E-state index in [0.717, 1.165) is 37.1 Å². The van der Waals surface area contributed by atoms with E-state index >= 15 is 0 Å². The average Bonchev–Trinajstić information content (AvgIpc) is 2.80. The van der Waals surface area contributed by atoms with E-state index in [1.54, 1.807) is 31.4 Å². The number of nitrogens with one attached hydrogen (secondary N) is 1. The standard InChI is InChI=1S/C28H34N2O2/c1-4-17-28(29,24-10-6-5-7-11-24)20-21(2)18-22-9-8-12-25(19-22)30-27(31)23-13-15-26(32-3)16-14-23/h5-16,19,21H,4,17-18,20,29H2,1-3H3,(H,30,31)/t21-,28-/m1/s1. The molecule has 0 saturated carbocycles. The van der Waals surface area contributed by atoms with Crippen LogP contribution < -0.4 is 15.8 Å². The maximum absolute atomic E-state index is 12.6. The summed E-state index contributed by atoms with van der Waals surface area (Å²) in [4.78, 5) is 12.6. The van der Waals surface area contributed by atoms with E-state index in [4.69, 9.17) is 10.5 Å². The number of carbonyl (C=O) groups excluding carboxylic acids is 1. The van der Waals surface area contributed by atoms with E-state index in [2.05, 4.69) is 55.6 Å². The van der Waals surface area contributed by atoms with Gasteiger partial charge in [-0.1, -0.05) is 62.7 Å². The quantitative estimate of drug-likeness (QED) is 0.404. The molecular weight excluding hydrogens is 396 g/mol. The molecule has 3 rings (SSSR count). The van der Waals surface area contributed by atoms with Crippen LogP contribution in [0.15, 0.2) is 78.9 Å². The molecule has 4 nitrogen and oxygen atoms in total. The Bertz CT molecular complexity index is 1000. The molecular formula is C28H34N2O2. The number of amides is 1. The highest BCUT2D eigenvalue weighted by Gasteiger charge is 2.28. The summed E-state index contributed by atoms with van der Waals surface area (Å²) in [5.74, 6) is 0.997. The normalized spacial score (nSPS) is 13.8. The van der Waals surface area contributed by atoms with Crippen LogP contribution in [0.2, 0.25) is 0 Å². The minimum atomic E-state index is -0.324. The molecule has 0 heterocycles. The smallest absolute Gasteiger partial charge is 0.255 e. The van der Waals surface area contributed by atoms with Crippen molar-refractivity contribution in [3.8, 4) is 5.75 Å². The van der Waals surface area contributed by atoms with Crippen LogP contribution in [-0.4, -0.2) is 13.0 Å². The molecule has 3 N–H and O–H groups in total. The van der Waals surface area contributed by atoms with Crippen molar-refractivity contribution in [1.82, 2.24) is 0 Å².